The van der Waals surface area contributed by atoms with E-state index in [9.17, 15) is 4.79 Å². The van der Waals surface area contributed by atoms with Crippen molar-refractivity contribution in [3.63, 3.8) is 0 Å². The molecule has 0 bridgehead atoms. The maximum atomic E-state index is 11.5. The van der Waals surface area contributed by atoms with Crippen LogP contribution in [0.4, 0.5) is 11.6 Å². The second-order valence-corrected chi connectivity index (χ2v) is 4.51. The van der Waals surface area contributed by atoms with Crippen molar-refractivity contribution in [2.75, 3.05) is 36.9 Å². The maximum absolute atomic E-state index is 11.5. The summed E-state index contributed by atoms with van der Waals surface area (Å²) < 4.78 is 1.25. The van der Waals surface area contributed by atoms with Crippen molar-refractivity contribution in [1.29, 1.82) is 0 Å². The molecule has 0 saturated heterocycles. The maximum Gasteiger partial charge on any atom is 0.270 e. The highest BCUT2D eigenvalue weighted by Gasteiger charge is 2.16. The van der Waals surface area contributed by atoms with Gasteiger partial charge in [0, 0.05) is 13.1 Å². The third kappa shape index (κ3) is 4.08. The monoisotopic (exact) mass is 358 g/mol. The van der Waals surface area contributed by atoms with Crippen LogP contribution in [-0.2, 0) is 0 Å². The van der Waals surface area contributed by atoms with E-state index in [4.69, 9.17) is 21.8 Å². The summed E-state index contributed by atoms with van der Waals surface area (Å²) in [5, 5.41) is 30.0. The Labute approximate surface area is 143 Å². The highest BCUT2D eigenvalue weighted by molar-refractivity contribution is 5.98. The first-order valence-electron chi connectivity index (χ1n) is 6.77. The number of aliphatic hydroxyl groups excluding tert-OH is 2. The van der Waals surface area contributed by atoms with Gasteiger partial charge in [-0.3, -0.25) is 10.2 Å². The number of aliphatic hydroxyl groups is 2. The average molecular weight is 359 g/mol. The van der Waals surface area contributed by atoms with Crippen LogP contribution in [-0.4, -0.2) is 62.4 Å². The molecule has 7 N–H and O–H groups in total. The summed E-state index contributed by atoms with van der Waals surface area (Å²) in [5.74, 6) is 5.39. The van der Waals surface area contributed by atoms with Gasteiger partial charge in [-0.15, -0.1) is 22.6 Å². The summed E-state index contributed by atoms with van der Waals surface area (Å²) in [6.45, 7) is 0.485. The van der Waals surface area contributed by atoms with Gasteiger partial charge in [-0.25, -0.2) is 5.84 Å². The number of rotatable bonds is 7. The zero-order chi connectivity index (χ0) is 16.8. The van der Waals surface area contributed by atoms with Crippen LogP contribution in [0.5, 0.6) is 0 Å². The molecule has 0 aromatic carbocycles. The minimum atomic E-state index is -0.560. The number of hydrogen-bond acceptors (Lipinski definition) is 9. The lowest BCUT2D eigenvalue weighted by atomic mass is 10.3. The third-order valence-corrected chi connectivity index (χ3v) is 3.10. The SMILES string of the molecule is Cl.NNC(=O)c1cnn(-c2ccc(N(CCO)CCO)nn2)c1N. The average Bonchev–Trinajstić information content (AvgIpc) is 2.96. The molecule has 0 spiro atoms. The van der Waals surface area contributed by atoms with Crippen LogP contribution in [0.2, 0.25) is 0 Å². The number of nitrogen functional groups attached to an aromatic ring is 2. The molecular weight excluding hydrogens is 340 g/mol. The first-order chi connectivity index (χ1) is 11.1. The molecule has 11 nitrogen and oxygen atoms in total. The summed E-state index contributed by atoms with van der Waals surface area (Å²) in [7, 11) is 0. The van der Waals surface area contributed by atoms with E-state index in [0.29, 0.717) is 24.7 Å². The van der Waals surface area contributed by atoms with E-state index in [0.717, 1.165) is 0 Å². The highest BCUT2D eigenvalue weighted by Crippen LogP contribution is 2.16. The molecule has 1 amide bonds. The normalized spacial score (nSPS) is 10.1. The molecule has 0 radical (unpaired) electrons. The van der Waals surface area contributed by atoms with Crippen molar-refractivity contribution in [3.05, 3.63) is 23.9 Å². The molecule has 0 atom stereocenters. The van der Waals surface area contributed by atoms with E-state index >= 15 is 0 Å². The van der Waals surface area contributed by atoms with E-state index in [1.165, 1.54) is 10.9 Å². The van der Waals surface area contributed by atoms with Crippen LogP contribution in [0.15, 0.2) is 18.3 Å². The predicted octanol–water partition coefficient (Wildman–Crippen LogP) is -1.94. The van der Waals surface area contributed by atoms with E-state index in [2.05, 4.69) is 15.3 Å². The fourth-order valence-electron chi connectivity index (χ4n) is 1.98. The molecule has 0 aliphatic rings. The van der Waals surface area contributed by atoms with Crippen molar-refractivity contribution in [3.8, 4) is 5.82 Å². The second-order valence-electron chi connectivity index (χ2n) is 4.51. The van der Waals surface area contributed by atoms with Crippen molar-refractivity contribution >= 4 is 29.9 Å². The molecule has 0 saturated carbocycles. The Bertz CT molecular complexity index is 657. The fraction of sp³-hybridized carbons (Fsp3) is 0.333. The fourth-order valence-corrected chi connectivity index (χ4v) is 1.98. The lowest BCUT2D eigenvalue weighted by molar-refractivity contribution is 0.0954. The second kappa shape index (κ2) is 8.98. The summed E-state index contributed by atoms with van der Waals surface area (Å²) in [6.07, 6.45) is 1.27. The number of anilines is 2. The van der Waals surface area contributed by atoms with Gasteiger partial charge in [0.15, 0.2) is 11.6 Å². The Morgan fingerprint density at radius 1 is 1.25 bits per heavy atom. The van der Waals surface area contributed by atoms with Crippen molar-refractivity contribution < 1.29 is 15.0 Å². The Balaban J connectivity index is 0.00000288. The van der Waals surface area contributed by atoms with Crippen LogP contribution < -0.4 is 21.9 Å². The zero-order valence-corrected chi connectivity index (χ0v) is 13.5. The van der Waals surface area contributed by atoms with Gasteiger partial charge in [-0.1, -0.05) is 0 Å². The van der Waals surface area contributed by atoms with Crippen LogP contribution in [0.1, 0.15) is 10.4 Å². The van der Waals surface area contributed by atoms with E-state index in [1.807, 2.05) is 5.43 Å². The first kappa shape index (κ1) is 19.6. The van der Waals surface area contributed by atoms with Crippen molar-refractivity contribution in [2.45, 2.75) is 0 Å². The number of aromatic nitrogens is 4. The van der Waals surface area contributed by atoms with Gasteiger partial charge in [0.1, 0.15) is 11.4 Å². The predicted molar refractivity (Wildman–Crippen MR) is 88.9 cm³/mol. The van der Waals surface area contributed by atoms with Gasteiger partial charge in [0.2, 0.25) is 0 Å². The molecule has 2 rings (SSSR count). The largest absolute Gasteiger partial charge is 0.395 e. The molecule has 132 valence electrons. The molecule has 0 aliphatic heterocycles. The van der Waals surface area contributed by atoms with Gasteiger partial charge in [-0.05, 0) is 12.1 Å². The van der Waals surface area contributed by atoms with Crippen LogP contribution in [0, 0.1) is 0 Å². The highest BCUT2D eigenvalue weighted by atomic mass is 35.5. The van der Waals surface area contributed by atoms with Crippen LogP contribution >= 0.6 is 12.4 Å². The van der Waals surface area contributed by atoms with Crippen molar-refractivity contribution in [2.24, 2.45) is 5.84 Å². The topological polar surface area (TPSA) is 168 Å². The molecule has 24 heavy (non-hydrogen) atoms. The lowest BCUT2D eigenvalue weighted by Crippen LogP contribution is -2.30. The summed E-state index contributed by atoms with van der Waals surface area (Å²) in [6, 6.07) is 3.26. The molecule has 2 aromatic rings. The lowest BCUT2D eigenvalue weighted by Gasteiger charge is -2.20. The molecule has 0 fully saturated rings. The number of hydrogen-bond donors (Lipinski definition) is 5. The van der Waals surface area contributed by atoms with Gasteiger partial charge in [0.25, 0.3) is 5.91 Å². The molecular formula is C12H19ClN8O3. The molecule has 0 unspecified atom stereocenters. The first-order valence-corrected chi connectivity index (χ1v) is 6.77. The smallest absolute Gasteiger partial charge is 0.270 e. The number of carbonyl (C=O) groups is 1. The van der Waals surface area contributed by atoms with Gasteiger partial charge in [-0.2, -0.15) is 9.78 Å². The molecule has 2 aromatic heterocycles. The quantitative estimate of drug-likeness (QED) is 0.215. The van der Waals surface area contributed by atoms with Gasteiger partial charge >= 0.3 is 0 Å². The minimum Gasteiger partial charge on any atom is -0.395 e. The standard InChI is InChI=1S/C12H18N8O3.ClH/c13-11-8(12(23)16-14)7-15-20(11)10-2-1-9(17-18-10)19(3-5-21)4-6-22;/h1-2,7,21-22H,3-6,13-14H2,(H,16,23);1H. The van der Waals surface area contributed by atoms with Crippen LogP contribution in [0.3, 0.4) is 0 Å². The number of hydrazine groups is 1. The number of nitrogens with two attached hydrogens (primary N) is 2. The number of halogens is 1. The number of carbonyl (C=O) groups excluding carboxylic acids is 1. The summed E-state index contributed by atoms with van der Waals surface area (Å²) >= 11 is 0. The van der Waals surface area contributed by atoms with E-state index in [1.54, 1.807) is 17.0 Å². The van der Waals surface area contributed by atoms with Crippen LogP contribution in [0.25, 0.3) is 5.82 Å². The molecule has 2 heterocycles. The summed E-state index contributed by atoms with van der Waals surface area (Å²) in [4.78, 5) is 13.2. The third-order valence-electron chi connectivity index (χ3n) is 3.10. The Morgan fingerprint density at radius 2 is 1.92 bits per heavy atom. The van der Waals surface area contributed by atoms with E-state index in [-0.39, 0.29) is 37.0 Å². The Hall–Kier alpha value is -2.47. The molecule has 12 heteroatoms. The summed E-state index contributed by atoms with van der Waals surface area (Å²) in [5.41, 5.74) is 7.95. The van der Waals surface area contributed by atoms with Gasteiger partial charge < -0.3 is 20.8 Å². The number of amides is 1. The number of nitrogens with one attached hydrogen (secondary N) is 1. The van der Waals surface area contributed by atoms with Gasteiger partial charge in [0.05, 0.1) is 19.4 Å². The van der Waals surface area contributed by atoms with E-state index < -0.39 is 5.91 Å². The Kier molecular flexibility index (Phi) is 7.32. The minimum absolute atomic E-state index is 0. The molecule has 0 aliphatic carbocycles. The Morgan fingerprint density at radius 3 is 2.42 bits per heavy atom. The zero-order valence-electron chi connectivity index (χ0n) is 12.7. The van der Waals surface area contributed by atoms with Crippen molar-refractivity contribution in [1.82, 2.24) is 25.4 Å². The number of nitrogens with zero attached hydrogens (tertiary/aromatic N) is 5.